The molecule has 2 fully saturated rings. The van der Waals surface area contributed by atoms with Gasteiger partial charge in [-0.3, -0.25) is 19.3 Å². The van der Waals surface area contributed by atoms with Crippen molar-refractivity contribution in [2.75, 3.05) is 23.3 Å². The van der Waals surface area contributed by atoms with Crippen LogP contribution in [0.25, 0.3) is 0 Å². The predicted octanol–water partition coefficient (Wildman–Crippen LogP) is 3.70. The number of nitrogens with zero attached hydrogens (tertiary/aromatic N) is 1. The van der Waals surface area contributed by atoms with Gasteiger partial charge in [0.1, 0.15) is 11.9 Å². The van der Waals surface area contributed by atoms with Crippen LogP contribution in [0.2, 0.25) is 0 Å². The minimum Gasteiger partial charge on any atom is -0.442 e. The molecular formula is C26H27F3N4O5. The standard InChI is InChI=1S/C26H27F3N4O5/c27-19-12-17(33-14-18(38-26(33)37)13-30-25(36)23(28)29)8-10-20(19)32-21-9-6-15(7-11-22(21)34)24(35)31-16-4-2-1-3-5-16/h6-12,16,18,23H,1-5,13-14H2,(H,30,36)(H,31,35)(H,32,34). The SMILES string of the molecule is O=C(NC1CCCCC1)c1ccc(Nc2ccc(N3CC(CNC(=O)C(F)F)OC3=O)cc2F)c(=O)cc1. The van der Waals surface area contributed by atoms with Crippen molar-refractivity contribution in [1.29, 1.82) is 0 Å². The van der Waals surface area contributed by atoms with Gasteiger partial charge in [-0.1, -0.05) is 19.3 Å². The van der Waals surface area contributed by atoms with Crippen LogP contribution in [0, 0.1) is 5.82 Å². The molecule has 12 heteroatoms. The molecule has 1 saturated heterocycles. The quantitative estimate of drug-likeness (QED) is 0.478. The first-order valence-electron chi connectivity index (χ1n) is 12.3. The summed E-state index contributed by atoms with van der Waals surface area (Å²) in [5.41, 5.74) is -0.00361. The molecule has 0 bridgehead atoms. The normalized spacial score (nSPS) is 17.7. The fourth-order valence-electron chi connectivity index (χ4n) is 4.38. The Morgan fingerprint density at radius 1 is 1.00 bits per heavy atom. The van der Waals surface area contributed by atoms with E-state index >= 15 is 0 Å². The number of nitrogens with one attached hydrogen (secondary N) is 3. The Hall–Kier alpha value is -4.09. The monoisotopic (exact) mass is 532 g/mol. The van der Waals surface area contributed by atoms with E-state index in [1.165, 1.54) is 36.4 Å². The zero-order valence-corrected chi connectivity index (χ0v) is 20.3. The molecule has 0 spiro atoms. The topological polar surface area (TPSA) is 117 Å². The number of anilines is 3. The summed E-state index contributed by atoms with van der Waals surface area (Å²) in [7, 11) is 0. The number of hydrogen-bond donors (Lipinski definition) is 3. The summed E-state index contributed by atoms with van der Waals surface area (Å²) in [5.74, 6) is -2.53. The van der Waals surface area contributed by atoms with E-state index in [1.807, 2.05) is 5.32 Å². The highest BCUT2D eigenvalue weighted by atomic mass is 19.3. The van der Waals surface area contributed by atoms with E-state index < -0.39 is 35.8 Å². The molecule has 0 radical (unpaired) electrons. The van der Waals surface area contributed by atoms with Gasteiger partial charge < -0.3 is 20.7 Å². The number of benzene rings is 1. The van der Waals surface area contributed by atoms with E-state index in [0.29, 0.717) is 5.56 Å². The van der Waals surface area contributed by atoms with Crippen molar-refractivity contribution in [3.8, 4) is 0 Å². The van der Waals surface area contributed by atoms with Crippen LogP contribution in [-0.2, 0) is 9.53 Å². The first-order valence-corrected chi connectivity index (χ1v) is 12.3. The maximum absolute atomic E-state index is 14.9. The molecule has 1 atom stereocenters. The fraction of sp³-hybridized carbons (Fsp3) is 0.385. The molecule has 2 aromatic carbocycles. The lowest BCUT2D eigenvalue weighted by atomic mass is 9.95. The smallest absolute Gasteiger partial charge is 0.414 e. The molecule has 1 aliphatic heterocycles. The molecule has 3 N–H and O–H groups in total. The highest BCUT2D eigenvalue weighted by Gasteiger charge is 2.33. The molecule has 2 aliphatic rings. The zero-order chi connectivity index (χ0) is 27.2. The van der Waals surface area contributed by atoms with Gasteiger partial charge in [-0.15, -0.1) is 0 Å². The van der Waals surface area contributed by atoms with E-state index in [2.05, 4.69) is 10.6 Å². The molecule has 1 unspecified atom stereocenters. The van der Waals surface area contributed by atoms with Gasteiger partial charge in [0.05, 0.1) is 30.2 Å². The van der Waals surface area contributed by atoms with Gasteiger partial charge >= 0.3 is 12.5 Å². The van der Waals surface area contributed by atoms with Crippen LogP contribution < -0.4 is 26.3 Å². The Morgan fingerprint density at radius 2 is 1.71 bits per heavy atom. The van der Waals surface area contributed by atoms with Crippen LogP contribution >= 0.6 is 0 Å². The number of cyclic esters (lactones) is 1. The first kappa shape index (κ1) is 27.0. The van der Waals surface area contributed by atoms with Gasteiger partial charge in [0, 0.05) is 11.6 Å². The molecule has 2 aromatic rings. The summed E-state index contributed by atoms with van der Waals surface area (Å²) in [6.07, 6.45) is 0.232. The summed E-state index contributed by atoms with van der Waals surface area (Å²) < 4.78 is 44.6. The van der Waals surface area contributed by atoms with E-state index in [0.717, 1.165) is 43.1 Å². The molecule has 9 nitrogen and oxygen atoms in total. The number of ether oxygens (including phenoxy) is 1. The summed E-state index contributed by atoms with van der Waals surface area (Å²) in [6, 6.07) is 9.46. The predicted molar refractivity (Wildman–Crippen MR) is 133 cm³/mol. The first-order chi connectivity index (χ1) is 18.2. The molecule has 1 aliphatic carbocycles. The van der Waals surface area contributed by atoms with Crippen molar-refractivity contribution in [2.45, 2.75) is 50.7 Å². The number of alkyl halides is 2. The third-order valence-electron chi connectivity index (χ3n) is 6.42. The largest absolute Gasteiger partial charge is 0.442 e. The van der Waals surface area contributed by atoms with Gasteiger partial charge in [0.25, 0.3) is 11.8 Å². The molecule has 202 valence electrons. The fourth-order valence-corrected chi connectivity index (χ4v) is 4.38. The third kappa shape index (κ3) is 6.61. The van der Waals surface area contributed by atoms with Crippen LogP contribution in [0.1, 0.15) is 42.5 Å². The number of carbonyl (C=O) groups excluding carboxylic acids is 3. The molecule has 4 rings (SSSR count). The van der Waals surface area contributed by atoms with Crippen LogP contribution in [-0.4, -0.2) is 49.6 Å². The number of rotatable bonds is 8. The average molecular weight is 533 g/mol. The van der Waals surface area contributed by atoms with Crippen LogP contribution in [0.4, 0.5) is 35.0 Å². The highest BCUT2D eigenvalue weighted by Crippen LogP contribution is 2.27. The van der Waals surface area contributed by atoms with E-state index in [-0.39, 0.29) is 42.1 Å². The lowest BCUT2D eigenvalue weighted by molar-refractivity contribution is -0.132. The molecule has 0 aromatic heterocycles. The maximum Gasteiger partial charge on any atom is 0.414 e. The van der Waals surface area contributed by atoms with Gasteiger partial charge in [-0.2, -0.15) is 8.78 Å². The number of amides is 3. The van der Waals surface area contributed by atoms with Gasteiger partial charge in [0.2, 0.25) is 5.43 Å². The Balaban J connectivity index is 1.41. The number of carbonyl (C=O) groups is 3. The summed E-state index contributed by atoms with van der Waals surface area (Å²) >= 11 is 0. The zero-order valence-electron chi connectivity index (χ0n) is 20.3. The van der Waals surface area contributed by atoms with Crippen molar-refractivity contribution in [3.63, 3.8) is 0 Å². The van der Waals surface area contributed by atoms with Crippen molar-refractivity contribution in [3.05, 3.63) is 64.1 Å². The van der Waals surface area contributed by atoms with Gasteiger partial charge in [-0.25, -0.2) is 9.18 Å². The van der Waals surface area contributed by atoms with Gasteiger partial charge in [0.15, 0.2) is 0 Å². The second-order valence-electron chi connectivity index (χ2n) is 9.16. The van der Waals surface area contributed by atoms with Crippen molar-refractivity contribution in [1.82, 2.24) is 10.6 Å². The van der Waals surface area contributed by atoms with E-state index in [4.69, 9.17) is 4.74 Å². The average Bonchev–Trinajstić information content (AvgIpc) is 3.17. The van der Waals surface area contributed by atoms with Crippen molar-refractivity contribution < 1.29 is 32.3 Å². The Labute approximate surface area is 216 Å². The third-order valence-corrected chi connectivity index (χ3v) is 6.42. The summed E-state index contributed by atoms with van der Waals surface area (Å²) in [5, 5.41) is 7.68. The van der Waals surface area contributed by atoms with E-state index in [9.17, 15) is 32.3 Å². The van der Waals surface area contributed by atoms with Crippen molar-refractivity contribution >= 4 is 35.0 Å². The van der Waals surface area contributed by atoms with Crippen LogP contribution in [0.5, 0.6) is 0 Å². The number of halogens is 3. The Kier molecular flexibility index (Phi) is 8.49. The van der Waals surface area contributed by atoms with Gasteiger partial charge in [-0.05, 0) is 55.3 Å². The van der Waals surface area contributed by atoms with E-state index in [1.54, 1.807) is 0 Å². The lowest BCUT2D eigenvalue weighted by Crippen LogP contribution is -2.37. The second kappa shape index (κ2) is 12.0. The summed E-state index contributed by atoms with van der Waals surface area (Å²) in [4.78, 5) is 49.5. The van der Waals surface area contributed by atoms with Crippen molar-refractivity contribution in [2.24, 2.45) is 0 Å². The Bertz CT molecular complexity index is 1270. The number of hydrogen-bond acceptors (Lipinski definition) is 6. The maximum atomic E-state index is 14.9. The Morgan fingerprint density at radius 3 is 2.42 bits per heavy atom. The highest BCUT2D eigenvalue weighted by molar-refractivity contribution is 5.94. The molecular weight excluding hydrogens is 505 g/mol. The minimum absolute atomic E-state index is 0.0430. The summed E-state index contributed by atoms with van der Waals surface area (Å²) in [6.45, 7) is -0.398. The van der Waals surface area contributed by atoms with Crippen LogP contribution in [0.15, 0.2) is 47.3 Å². The molecule has 38 heavy (non-hydrogen) atoms. The lowest BCUT2D eigenvalue weighted by Gasteiger charge is -2.22. The molecule has 3 amide bonds. The second-order valence-corrected chi connectivity index (χ2v) is 9.16. The molecule has 1 saturated carbocycles. The van der Waals surface area contributed by atoms with Crippen LogP contribution in [0.3, 0.4) is 0 Å². The minimum atomic E-state index is -3.19. The molecule has 1 heterocycles.